The Morgan fingerprint density at radius 1 is 1.05 bits per heavy atom. The molecule has 1 aromatic carbocycles. The molecule has 4 nitrogen and oxygen atoms in total. The highest BCUT2D eigenvalue weighted by Crippen LogP contribution is 2.19. The molecule has 4 heteroatoms. The van der Waals surface area contributed by atoms with Gasteiger partial charge in [0.1, 0.15) is 0 Å². The van der Waals surface area contributed by atoms with Crippen molar-refractivity contribution in [2.45, 2.75) is 41.0 Å². The van der Waals surface area contributed by atoms with Crippen molar-refractivity contribution in [2.75, 3.05) is 24.5 Å². The Morgan fingerprint density at radius 2 is 1.67 bits per heavy atom. The third-order valence-corrected chi connectivity index (χ3v) is 3.85. The third-order valence-electron chi connectivity index (χ3n) is 3.85. The van der Waals surface area contributed by atoms with Gasteiger partial charge in [-0.3, -0.25) is 9.59 Å². The first kappa shape index (κ1) is 17.2. The van der Waals surface area contributed by atoms with Crippen LogP contribution >= 0.6 is 0 Å². The first-order chi connectivity index (χ1) is 9.90. The predicted molar refractivity (Wildman–Crippen MR) is 86.5 cm³/mol. The van der Waals surface area contributed by atoms with Crippen LogP contribution in [0.3, 0.4) is 0 Å². The second-order valence-corrected chi connectivity index (χ2v) is 5.26. The quantitative estimate of drug-likeness (QED) is 0.808. The van der Waals surface area contributed by atoms with Crippen molar-refractivity contribution in [1.82, 2.24) is 4.90 Å². The van der Waals surface area contributed by atoms with Gasteiger partial charge in [0, 0.05) is 38.7 Å². The van der Waals surface area contributed by atoms with Crippen molar-refractivity contribution in [2.24, 2.45) is 0 Å². The molecule has 0 aliphatic carbocycles. The minimum absolute atomic E-state index is 0.0365. The summed E-state index contributed by atoms with van der Waals surface area (Å²) in [6.07, 6.45) is 0.355. The van der Waals surface area contributed by atoms with E-state index in [1.54, 1.807) is 9.80 Å². The summed E-state index contributed by atoms with van der Waals surface area (Å²) >= 11 is 0. The predicted octanol–water partition coefficient (Wildman–Crippen LogP) is 2.91. The molecule has 0 N–H and O–H groups in total. The van der Waals surface area contributed by atoms with Crippen molar-refractivity contribution in [3.8, 4) is 0 Å². The van der Waals surface area contributed by atoms with E-state index in [0.717, 1.165) is 11.3 Å². The van der Waals surface area contributed by atoms with Crippen LogP contribution in [-0.2, 0) is 9.59 Å². The second kappa shape index (κ2) is 7.81. The molecular weight excluding hydrogens is 264 g/mol. The molecule has 0 unspecified atom stereocenters. The van der Waals surface area contributed by atoms with Crippen LogP contribution in [0, 0.1) is 13.8 Å². The first-order valence-electron chi connectivity index (χ1n) is 7.53. The molecule has 0 atom stereocenters. The number of anilines is 1. The number of nitrogens with zero attached hydrogens (tertiary/aromatic N) is 2. The smallest absolute Gasteiger partial charge is 0.224 e. The van der Waals surface area contributed by atoms with Gasteiger partial charge in [-0.15, -0.1) is 0 Å². The summed E-state index contributed by atoms with van der Waals surface area (Å²) in [5.41, 5.74) is 3.20. The topological polar surface area (TPSA) is 40.6 Å². The SMILES string of the molecule is CCN(CC)C(=O)CCN(C(C)=O)c1ccc(C)c(C)c1. The van der Waals surface area contributed by atoms with Gasteiger partial charge in [-0.2, -0.15) is 0 Å². The summed E-state index contributed by atoms with van der Waals surface area (Å²) in [6, 6.07) is 5.94. The highest BCUT2D eigenvalue weighted by Gasteiger charge is 2.16. The van der Waals surface area contributed by atoms with Gasteiger partial charge in [0.05, 0.1) is 0 Å². The fourth-order valence-corrected chi connectivity index (χ4v) is 2.30. The zero-order chi connectivity index (χ0) is 16.0. The van der Waals surface area contributed by atoms with E-state index in [2.05, 4.69) is 0 Å². The zero-order valence-corrected chi connectivity index (χ0v) is 13.8. The number of aryl methyl sites for hydroxylation is 2. The molecule has 1 aromatic rings. The van der Waals surface area contributed by atoms with Gasteiger partial charge in [0.2, 0.25) is 11.8 Å². The minimum Gasteiger partial charge on any atom is -0.343 e. The molecule has 0 aromatic heterocycles. The lowest BCUT2D eigenvalue weighted by molar-refractivity contribution is -0.130. The number of benzene rings is 1. The van der Waals surface area contributed by atoms with E-state index in [0.29, 0.717) is 26.1 Å². The summed E-state index contributed by atoms with van der Waals surface area (Å²) in [4.78, 5) is 27.4. The van der Waals surface area contributed by atoms with Crippen LogP contribution in [0.15, 0.2) is 18.2 Å². The summed E-state index contributed by atoms with van der Waals surface area (Å²) in [5.74, 6) is 0.0562. The van der Waals surface area contributed by atoms with Gasteiger partial charge in [0.15, 0.2) is 0 Å². The van der Waals surface area contributed by atoms with Crippen molar-refractivity contribution in [3.05, 3.63) is 29.3 Å². The molecule has 0 saturated heterocycles. The van der Waals surface area contributed by atoms with Gasteiger partial charge >= 0.3 is 0 Å². The largest absolute Gasteiger partial charge is 0.343 e. The number of carbonyl (C=O) groups is 2. The van der Waals surface area contributed by atoms with Crippen LogP contribution in [0.25, 0.3) is 0 Å². The van der Waals surface area contributed by atoms with E-state index in [-0.39, 0.29) is 11.8 Å². The maximum Gasteiger partial charge on any atom is 0.224 e. The fraction of sp³-hybridized carbons (Fsp3) is 0.529. The van der Waals surface area contributed by atoms with Crippen LogP contribution in [0.5, 0.6) is 0 Å². The highest BCUT2D eigenvalue weighted by molar-refractivity contribution is 5.92. The lowest BCUT2D eigenvalue weighted by atomic mass is 10.1. The number of hydrogen-bond acceptors (Lipinski definition) is 2. The Labute approximate surface area is 127 Å². The van der Waals surface area contributed by atoms with E-state index < -0.39 is 0 Å². The van der Waals surface area contributed by atoms with Crippen molar-refractivity contribution >= 4 is 17.5 Å². The van der Waals surface area contributed by atoms with E-state index in [4.69, 9.17) is 0 Å². The third kappa shape index (κ3) is 4.59. The van der Waals surface area contributed by atoms with E-state index >= 15 is 0 Å². The summed E-state index contributed by atoms with van der Waals surface area (Å²) in [7, 11) is 0. The molecule has 0 aliphatic rings. The number of amides is 2. The van der Waals surface area contributed by atoms with Crippen LogP contribution in [0.1, 0.15) is 38.3 Å². The van der Waals surface area contributed by atoms with Gasteiger partial charge < -0.3 is 9.80 Å². The van der Waals surface area contributed by atoms with Gasteiger partial charge in [-0.1, -0.05) is 6.07 Å². The first-order valence-corrected chi connectivity index (χ1v) is 7.53. The van der Waals surface area contributed by atoms with Crippen LogP contribution < -0.4 is 4.90 Å². The van der Waals surface area contributed by atoms with Crippen molar-refractivity contribution < 1.29 is 9.59 Å². The van der Waals surface area contributed by atoms with E-state index in [1.807, 2.05) is 45.9 Å². The molecule has 0 radical (unpaired) electrons. The molecule has 0 fully saturated rings. The summed E-state index contributed by atoms with van der Waals surface area (Å²) in [5, 5.41) is 0. The minimum atomic E-state index is -0.0365. The molecule has 21 heavy (non-hydrogen) atoms. The molecule has 0 bridgehead atoms. The molecule has 0 spiro atoms. The van der Waals surface area contributed by atoms with Gasteiger partial charge in [-0.05, 0) is 51.0 Å². The van der Waals surface area contributed by atoms with Crippen molar-refractivity contribution in [1.29, 1.82) is 0 Å². The Hall–Kier alpha value is -1.84. The molecule has 2 amide bonds. The average Bonchev–Trinajstić information content (AvgIpc) is 2.43. The van der Waals surface area contributed by atoms with Crippen LogP contribution in [-0.4, -0.2) is 36.3 Å². The normalized spacial score (nSPS) is 10.3. The van der Waals surface area contributed by atoms with Crippen LogP contribution in [0.4, 0.5) is 5.69 Å². The average molecular weight is 290 g/mol. The van der Waals surface area contributed by atoms with E-state index in [9.17, 15) is 9.59 Å². The molecular formula is C17H26N2O2. The zero-order valence-electron chi connectivity index (χ0n) is 13.8. The Kier molecular flexibility index (Phi) is 6.40. The lowest BCUT2D eigenvalue weighted by Gasteiger charge is -2.24. The molecule has 116 valence electrons. The number of rotatable bonds is 6. The van der Waals surface area contributed by atoms with Gasteiger partial charge in [-0.25, -0.2) is 0 Å². The molecule has 0 heterocycles. The van der Waals surface area contributed by atoms with Crippen molar-refractivity contribution in [3.63, 3.8) is 0 Å². The monoisotopic (exact) mass is 290 g/mol. The van der Waals surface area contributed by atoms with E-state index in [1.165, 1.54) is 12.5 Å². The summed E-state index contributed by atoms with van der Waals surface area (Å²) < 4.78 is 0. The molecule has 0 saturated carbocycles. The Bertz CT molecular complexity index is 508. The Balaban J connectivity index is 2.81. The maximum atomic E-state index is 12.1. The lowest BCUT2D eigenvalue weighted by Crippen LogP contribution is -2.36. The standard InChI is InChI=1S/C17H26N2O2/c1-6-18(7-2)17(21)10-11-19(15(5)20)16-9-8-13(3)14(4)12-16/h8-9,12H,6-7,10-11H2,1-5H3. The Morgan fingerprint density at radius 3 is 2.14 bits per heavy atom. The summed E-state index contributed by atoms with van der Waals surface area (Å²) in [6.45, 7) is 11.4. The fourth-order valence-electron chi connectivity index (χ4n) is 2.30. The molecule has 0 aliphatic heterocycles. The van der Waals surface area contributed by atoms with Gasteiger partial charge in [0.25, 0.3) is 0 Å². The number of carbonyl (C=O) groups excluding carboxylic acids is 2. The highest BCUT2D eigenvalue weighted by atomic mass is 16.2. The maximum absolute atomic E-state index is 12.1. The second-order valence-electron chi connectivity index (χ2n) is 5.26. The van der Waals surface area contributed by atoms with Crippen LogP contribution in [0.2, 0.25) is 0 Å². The molecule has 1 rings (SSSR count). The number of hydrogen-bond donors (Lipinski definition) is 0.